The van der Waals surface area contributed by atoms with E-state index in [9.17, 15) is 9.90 Å². The van der Waals surface area contributed by atoms with Crippen LogP contribution in [0.2, 0.25) is 0 Å². The second kappa shape index (κ2) is 7.68. The SMILES string of the molecule is O=c1cc(-c2ccncc2)ncn1CC1CCN(C2CCCC2O)CC1. The Balaban J connectivity index is 1.37. The zero-order valence-corrected chi connectivity index (χ0v) is 15.0. The Hall–Kier alpha value is -2.05. The molecule has 6 nitrogen and oxygen atoms in total. The maximum atomic E-state index is 12.5. The molecular weight excluding hydrogens is 328 g/mol. The van der Waals surface area contributed by atoms with Gasteiger partial charge in [0.25, 0.3) is 5.56 Å². The molecule has 1 saturated heterocycles. The molecule has 3 heterocycles. The minimum atomic E-state index is -0.154. The lowest BCUT2D eigenvalue weighted by atomic mass is 9.95. The number of pyridine rings is 1. The maximum absolute atomic E-state index is 12.5. The van der Waals surface area contributed by atoms with E-state index in [4.69, 9.17) is 0 Å². The average Bonchev–Trinajstić information content (AvgIpc) is 3.11. The molecule has 6 heteroatoms. The van der Waals surface area contributed by atoms with Crippen molar-refractivity contribution in [1.29, 1.82) is 0 Å². The van der Waals surface area contributed by atoms with Gasteiger partial charge < -0.3 is 5.11 Å². The topological polar surface area (TPSA) is 71.2 Å². The van der Waals surface area contributed by atoms with Crippen LogP contribution in [0.15, 0.2) is 41.7 Å². The second-order valence-electron chi connectivity index (χ2n) is 7.55. The van der Waals surface area contributed by atoms with Crippen molar-refractivity contribution in [1.82, 2.24) is 19.4 Å². The van der Waals surface area contributed by atoms with Crippen LogP contribution < -0.4 is 5.56 Å². The van der Waals surface area contributed by atoms with Crippen molar-refractivity contribution >= 4 is 0 Å². The van der Waals surface area contributed by atoms with E-state index in [0.29, 0.717) is 17.7 Å². The highest BCUT2D eigenvalue weighted by Gasteiger charge is 2.32. The summed E-state index contributed by atoms with van der Waals surface area (Å²) >= 11 is 0. The van der Waals surface area contributed by atoms with E-state index in [1.807, 2.05) is 12.1 Å². The van der Waals surface area contributed by atoms with Gasteiger partial charge in [0.15, 0.2) is 0 Å². The Morgan fingerprint density at radius 2 is 1.88 bits per heavy atom. The number of aromatic nitrogens is 3. The molecule has 138 valence electrons. The second-order valence-corrected chi connectivity index (χ2v) is 7.55. The predicted octanol–water partition coefficient (Wildman–Crippen LogP) is 1.93. The molecule has 1 N–H and O–H groups in total. The van der Waals surface area contributed by atoms with Gasteiger partial charge in [0, 0.05) is 36.6 Å². The first-order valence-electron chi connectivity index (χ1n) is 9.60. The number of hydrogen-bond acceptors (Lipinski definition) is 5. The molecule has 2 fully saturated rings. The summed E-state index contributed by atoms with van der Waals surface area (Å²) in [7, 11) is 0. The normalized spacial score (nSPS) is 24.8. The number of aliphatic hydroxyl groups is 1. The zero-order valence-electron chi connectivity index (χ0n) is 15.0. The smallest absolute Gasteiger partial charge is 0.253 e. The van der Waals surface area contributed by atoms with Gasteiger partial charge in [-0.15, -0.1) is 0 Å². The lowest BCUT2D eigenvalue weighted by molar-refractivity contribution is 0.0460. The summed E-state index contributed by atoms with van der Waals surface area (Å²) in [6.45, 7) is 2.76. The van der Waals surface area contributed by atoms with Gasteiger partial charge in [-0.2, -0.15) is 0 Å². The van der Waals surface area contributed by atoms with Crippen LogP contribution >= 0.6 is 0 Å². The summed E-state index contributed by atoms with van der Waals surface area (Å²) < 4.78 is 1.73. The van der Waals surface area contributed by atoms with Crippen LogP contribution in [0.25, 0.3) is 11.3 Å². The summed E-state index contributed by atoms with van der Waals surface area (Å²) in [6.07, 6.45) is 10.3. The number of aliphatic hydroxyl groups excluding tert-OH is 1. The average molecular weight is 354 g/mol. The Bertz CT molecular complexity index is 784. The molecule has 2 unspecified atom stereocenters. The molecular formula is C20H26N4O2. The van der Waals surface area contributed by atoms with Crippen molar-refractivity contribution in [2.75, 3.05) is 13.1 Å². The first-order valence-corrected chi connectivity index (χ1v) is 9.60. The van der Waals surface area contributed by atoms with Crippen molar-refractivity contribution in [3.05, 3.63) is 47.3 Å². The van der Waals surface area contributed by atoms with E-state index in [0.717, 1.165) is 57.3 Å². The summed E-state index contributed by atoms with van der Waals surface area (Å²) in [6, 6.07) is 5.68. The molecule has 2 aromatic heterocycles. The number of likely N-dealkylation sites (tertiary alicyclic amines) is 1. The van der Waals surface area contributed by atoms with Gasteiger partial charge in [-0.1, -0.05) is 0 Å². The molecule has 0 bridgehead atoms. The standard InChI is InChI=1S/C20H26N4O2/c25-19-3-1-2-18(19)23-10-6-15(7-11-23)13-24-14-22-17(12-20(24)26)16-4-8-21-9-5-16/h4-5,8-9,12,14-15,18-19,25H,1-3,6-7,10-11,13H2. The van der Waals surface area contributed by atoms with Gasteiger partial charge in [-0.3, -0.25) is 19.2 Å². The minimum absolute atomic E-state index is 0.000423. The highest BCUT2D eigenvalue weighted by molar-refractivity contribution is 5.57. The van der Waals surface area contributed by atoms with Crippen LogP contribution in [0.4, 0.5) is 0 Å². The Labute approximate surface area is 153 Å². The van der Waals surface area contributed by atoms with Crippen LogP contribution in [0, 0.1) is 5.92 Å². The van der Waals surface area contributed by atoms with Gasteiger partial charge in [-0.25, -0.2) is 4.98 Å². The van der Waals surface area contributed by atoms with Crippen LogP contribution in [0.5, 0.6) is 0 Å². The van der Waals surface area contributed by atoms with Crippen LogP contribution in [-0.4, -0.2) is 49.8 Å². The lowest BCUT2D eigenvalue weighted by Gasteiger charge is -2.37. The molecule has 2 aromatic rings. The molecule has 0 aromatic carbocycles. The highest BCUT2D eigenvalue weighted by Crippen LogP contribution is 2.28. The van der Waals surface area contributed by atoms with E-state index < -0.39 is 0 Å². The van der Waals surface area contributed by atoms with E-state index >= 15 is 0 Å². The minimum Gasteiger partial charge on any atom is -0.391 e. The van der Waals surface area contributed by atoms with Gasteiger partial charge in [0.1, 0.15) is 0 Å². The largest absolute Gasteiger partial charge is 0.391 e. The predicted molar refractivity (Wildman–Crippen MR) is 99.7 cm³/mol. The highest BCUT2D eigenvalue weighted by atomic mass is 16.3. The summed E-state index contributed by atoms with van der Waals surface area (Å²) in [5.41, 5.74) is 1.60. The fraction of sp³-hybridized carbons (Fsp3) is 0.550. The van der Waals surface area contributed by atoms with E-state index in [1.165, 1.54) is 0 Å². The first-order chi connectivity index (χ1) is 12.7. The Morgan fingerprint density at radius 1 is 1.12 bits per heavy atom. The number of rotatable bonds is 4. The molecule has 0 amide bonds. The third kappa shape index (κ3) is 3.71. The zero-order chi connectivity index (χ0) is 17.9. The molecule has 4 rings (SSSR count). The molecule has 2 atom stereocenters. The quantitative estimate of drug-likeness (QED) is 0.908. The van der Waals surface area contributed by atoms with Crippen LogP contribution in [0.3, 0.4) is 0 Å². The number of piperidine rings is 1. The monoisotopic (exact) mass is 354 g/mol. The molecule has 1 aliphatic carbocycles. The molecule has 0 radical (unpaired) electrons. The van der Waals surface area contributed by atoms with Crippen molar-refractivity contribution in [3.8, 4) is 11.3 Å². The third-order valence-electron chi connectivity index (χ3n) is 5.87. The summed E-state index contributed by atoms with van der Waals surface area (Å²) in [5.74, 6) is 0.496. The fourth-order valence-corrected chi connectivity index (χ4v) is 4.34. The van der Waals surface area contributed by atoms with Crippen molar-refractivity contribution in [2.45, 2.75) is 50.8 Å². The van der Waals surface area contributed by atoms with Gasteiger partial charge in [0.2, 0.25) is 0 Å². The lowest BCUT2D eigenvalue weighted by Crippen LogP contribution is -2.45. The first kappa shape index (κ1) is 17.4. The molecule has 26 heavy (non-hydrogen) atoms. The van der Waals surface area contributed by atoms with E-state index in [-0.39, 0.29) is 11.7 Å². The van der Waals surface area contributed by atoms with Crippen LogP contribution in [-0.2, 0) is 6.54 Å². The Morgan fingerprint density at radius 3 is 2.54 bits per heavy atom. The van der Waals surface area contributed by atoms with Crippen molar-refractivity contribution in [3.63, 3.8) is 0 Å². The molecule has 2 aliphatic rings. The van der Waals surface area contributed by atoms with E-state index in [1.54, 1.807) is 29.4 Å². The third-order valence-corrected chi connectivity index (χ3v) is 5.87. The summed E-state index contributed by atoms with van der Waals surface area (Å²) in [5, 5.41) is 10.1. The molecule has 1 aliphatic heterocycles. The Kier molecular flexibility index (Phi) is 5.13. The van der Waals surface area contributed by atoms with Gasteiger partial charge in [0.05, 0.1) is 18.1 Å². The van der Waals surface area contributed by atoms with Crippen molar-refractivity contribution < 1.29 is 5.11 Å². The summed E-state index contributed by atoms with van der Waals surface area (Å²) in [4.78, 5) is 23.4. The number of nitrogens with zero attached hydrogens (tertiary/aromatic N) is 4. The fourth-order valence-electron chi connectivity index (χ4n) is 4.34. The maximum Gasteiger partial charge on any atom is 0.253 e. The number of hydrogen-bond donors (Lipinski definition) is 1. The van der Waals surface area contributed by atoms with Gasteiger partial charge >= 0.3 is 0 Å². The van der Waals surface area contributed by atoms with Gasteiger partial charge in [-0.05, 0) is 63.2 Å². The van der Waals surface area contributed by atoms with Crippen LogP contribution in [0.1, 0.15) is 32.1 Å². The molecule has 0 spiro atoms. The van der Waals surface area contributed by atoms with Crippen molar-refractivity contribution in [2.24, 2.45) is 5.92 Å². The van der Waals surface area contributed by atoms with E-state index in [2.05, 4.69) is 14.9 Å². The molecule has 1 saturated carbocycles.